The number of alkyl halides is 1. The van der Waals surface area contributed by atoms with Gasteiger partial charge in [-0.1, -0.05) is 62.6 Å². The average molecular weight is 533 g/mol. The summed E-state index contributed by atoms with van der Waals surface area (Å²) in [6.45, 7) is 12.1. The molecular weight excluding hydrogens is 484 g/mol. The van der Waals surface area contributed by atoms with Crippen LogP contribution in [0.25, 0.3) is 0 Å². The van der Waals surface area contributed by atoms with E-state index in [1.165, 1.54) is 12.1 Å². The molecule has 2 atom stereocenters. The highest BCUT2D eigenvalue weighted by atomic mass is 35.5. The first kappa shape index (κ1) is 38.3. The smallest absolute Gasteiger partial charge is 0.348 e. The second-order valence-corrected chi connectivity index (χ2v) is 10.9. The minimum absolute atomic E-state index is 0. The predicted octanol–water partition coefficient (Wildman–Crippen LogP) is 7.01. The van der Waals surface area contributed by atoms with E-state index < -0.39 is 45.3 Å². The highest BCUT2D eigenvalue weighted by Gasteiger charge is 2.51. The zero-order valence-corrected chi connectivity index (χ0v) is 20.5. The highest BCUT2D eigenvalue weighted by molar-refractivity contribution is 6.34. The SMILES string of the molecule is C.C.C.C.CCC(Cl)(CC(C)(C)C(=O)OC1C(=O)OCC1(C)C)C(=O)OC(C)(C)c1ccc(O)cc1. The maximum atomic E-state index is 13.1. The molecule has 1 N–H and O–H groups in total. The fourth-order valence-electron chi connectivity index (χ4n) is 3.56. The summed E-state index contributed by atoms with van der Waals surface area (Å²) in [6.07, 6.45) is -0.850. The molecule has 2 unspecified atom stereocenters. The summed E-state index contributed by atoms with van der Waals surface area (Å²) in [4.78, 5) is 36.6. The van der Waals surface area contributed by atoms with Crippen molar-refractivity contribution in [3.05, 3.63) is 29.8 Å². The van der Waals surface area contributed by atoms with Gasteiger partial charge in [0.2, 0.25) is 6.10 Å². The van der Waals surface area contributed by atoms with Gasteiger partial charge >= 0.3 is 17.9 Å². The lowest BCUT2D eigenvalue weighted by atomic mass is 9.80. The monoisotopic (exact) mass is 532 g/mol. The van der Waals surface area contributed by atoms with Crippen molar-refractivity contribution in [3.63, 3.8) is 0 Å². The van der Waals surface area contributed by atoms with Gasteiger partial charge in [0.15, 0.2) is 0 Å². The molecule has 1 aliphatic rings. The van der Waals surface area contributed by atoms with Crippen molar-refractivity contribution < 1.29 is 33.7 Å². The summed E-state index contributed by atoms with van der Waals surface area (Å²) in [6, 6.07) is 6.34. The molecule has 1 saturated heterocycles. The number of halogens is 1. The molecule has 2 rings (SSSR count). The van der Waals surface area contributed by atoms with Crippen LogP contribution < -0.4 is 0 Å². The van der Waals surface area contributed by atoms with Gasteiger partial charge in [0.25, 0.3) is 0 Å². The van der Waals surface area contributed by atoms with Crippen LogP contribution in [-0.4, -0.2) is 40.6 Å². The van der Waals surface area contributed by atoms with Crippen molar-refractivity contribution in [3.8, 4) is 5.75 Å². The molecule has 0 radical (unpaired) electrons. The first-order chi connectivity index (χ1) is 14.5. The van der Waals surface area contributed by atoms with Crippen LogP contribution >= 0.6 is 11.6 Å². The summed E-state index contributed by atoms with van der Waals surface area (Å²) in [5.74, 6) is -1.78. The lowest BCUT2D eigenvalue weighted by Crippen LogP contribution is -2.46. The quantitative estimate of drug-likeness (QED) is 0.218. The molecular formula is C28H49ClO7. The van der Waals surface area contributed by atoms with Crippen LogP contribution in [0.15, 0.2) is 24.3 Å². The highest BCUT2D eigenvalue weighted by Crippen LogP contribution is 2.41. The van der Waals surface area contributed by atoms with Gasteiger partial charge in [0.05, 0.1) is 5.41 Å². The van der Waals surface area contributed by atoms with E-state index in [1.54, 1.807) is 60.6 Å². The molecule has 36 heavy (non-hydrogen) atoms. The molecule has 8 heteroatoms. The Labute approximate surface area is 223 Å². The van der Waals surface area contributed by atoms with Crippen molar-refractivity contribution in [1.29, 1.82) is 0 Å². The summed E-state index contributed by atoms with van der Waals surface area (Å²) < 4.78 is 16.3. The minimum atomic E-state index is -1.48. The van der Waals surface area contributed by atoms with Crippen LogP contribution in [0.1, 0.15) is 96.6 Å². The summed E-state index contributed by atoms with van der Waals surface area (Å²) in [5, 5.41) is 9.50. The minimum Gasteiger partial charge on any atom is -0.508 e. The van der Waals surface area contributed by atoms with Gasteiger partial charge in [-0.2, -0.15) is 0 Å². The van der Waals surface area contributed by atoms with Gasteiger partial charge in [-0.05, 0) is 58.2 Å². The van der Waals surface area contributed by atoms with E-state index in [0.717, 1.165) is 0 Å². The zero-order chi connectivity index (χ0) is 24.5. The molecule has 1 fully saturated rings. The normalized spacial score (nSPS) is 18.0. The number of esters is 3. The second-order valence-electron chi connectivity index (χ2n) is 10.2. The fourth-order valence-corrected chi connectivity index (χ4v) is 3.93. The molecule has 0 aliphatic carbocycles. The molecule has 1 aromatic carbocycles. The van der Waals surface area contributed by atoms with Crippen molar-refractivity contribution in [1.82, 2.24) is 0 Å². The molecule has 1 heterocycles. The fraction of sp³-hybridized carbons (Fsp3) is 0.679. The summed E-state index contributed by atoms with van der Waals surface area (Å²) >= 11 is 6.71. The number of ether oxygens (including phenoxy) is 3. The molecule has 1 aliphatic heterocycles. The Bertz CT molecular complexity index is 874. The number of aromatic hydroxyl groups is 1. The summed E-state index contributed by atoms with van der Waals surface area (Å²) in [7, 11) is 0. The number of hydrogen-bond acceptors (Lipinski definition) is 7. The number of phenolic OH excluding ortho intramolecular Hbond substituents is 1. The maximum Gasteiger partial charge on any atom is 0.348 e. The average Bonchev–Trinajstić information content (AvgIpc) is 2.94. The third kappa shape index (κ3) is 8.39. The lowest BCUT2D eigenvalue weighted by Gasteiger charge is -2.36. The van der Waals surface area contributed by atoms with Crippen LogP contribution in [0.3, 0.4) is 0 Å². The van der Waals surface area contributed by atoms with Crippen molar-refractivity contribution >= 4 is 29.5 Å². The van der Waals surface area contributed by atoms with E-state index in [4.69, 9.17) is 25.8 Å². The van der Waals surface area contributed by atoms with Gasteiger partial charge in [-0.3, -0.25) is 9.59 Å². The number of rotatable bonds is 8. The molecule has 210 valence electrons. The Morgan fingerprint density at radius 3 is 1.97 bits per heavy atom. The van der Waals surface area contributed by atoms with Crippen LogP contribution in [-0.2, 0) is 34.2 Å². The first-order valence-corrected chi connectivity index (χ1v) is 11.0. The summed E-state index contributed by atoms with van der Waals surface area (Å²) in [5.41, 5.74) is -2.14. The van der Waals surface area contributed by atoms with Crippen molar-refractivity contribution in [2.75, 3.05) is 6.61 Å². The third-order valence-corrected chi connectivity index (χ3v) is 6.40. The number of carbonyl (C=O) groups is 3. The Morgan fingerprint density at radius 1 is 1.06 bits per heavy atom. The lowest BCUT2D eigenvalue weighted by molar-refractivity contribution is -0.172. The van der Waals surface area contributed by atoms with E-state index in [1.807, 2.05) is 0 Å². The number of carbonyl (C=O) groups excluding carboxylic acids is 3. The number of cyclic esters (lactones) is 1. The van der Waals surface area contributed by atoms with Gasteiger partial charge in [0, 0.05) is 5.41 Å². The largest absolute Gasteiger partial charge is 0.508 e. The zero-order valence-electron chi connectivity index (χ0n) is 19.8. The van der Waals surface area contributed by atoms with Crippen LogP contribution in [0.2, 0.25) is 0 Å². The van der Waals surface area contributed by atoms with Crippen LogP contribution in [0.4, 0.5) is 0 Å². The molecule has 0 saturated carbocycles. The van der Waals surface area contributed by atoms with Gasteiger partial charge < -0.3 is 19.3 Å². The Hall–Kier alpha value is -2.28. The standard InChI is InChI=1S/C24H33ClO7.4CH4/c1-8-24(25,20(29)32-23(6,7)15-9-11-16(26)12-10-15)13-21(2,3)19(28)31-17-18(27)30-14-22(17,4)5;;;;/h9-12,17,26H,8,13-14H2,1-7H3;4*1H4. The second kappa shape index (κ2) is 13.3. The first-order valence-electron chi connectivity index (χ1n) is 10.6. The maximum absolute atomic E-state index is 13.1. The van der Waals surface area contributed by atoms with E-state index in [2.05, 4.69) is 0 Å². The molecule has 1 aromatic rings. The topological polar surface area (TPSA) is 99.1 Å². The van der Waals surface area contributed by atoms with Gasteiger partial charge in [-0.25, -0.2) is 4.79 Å². The molecule has 0 spiro atoms. The Kier molecular flexibility index (Phi) is 14.2. The Morgan fingerprint density at radius 2 is 1.56 bits per heavy atom. The van der Waals surface area contributed by atoms with E-state index in [-0.39, 0.29) is 54.9 Å². The van der Waals surface area contributed by atoms with Crippen molar-refractivity contribution in [2.24, 2.45) is 10.8 Å². The Balaban J connectivity index is -0.00000272. The number of phenols is 1. The number of benzene rings is 1. The van der Waals surface area contributed by atoms with E-state index >= 15 is 0 Å². The van der Waals surface area contributed by atoms with Crippen LogP contribution in [0.5, 0.6) is 5.75 Å². The molecule has 0 amide bonds. The molecule has 0 aromatic heterocycles. The van der Waals surface area contributed by atoms with Crippen LogP contribution in [0, 0.1) is 10.8 Å². The van der Waals surface area contributed by atoms with E-state index in [9.17, 15) is 19.5 Å². The predicted molar refractivity (Wildman–Crippen MR) is 146 cm³/mol. The van der Waals surface area contributed by atoms with Gasteiger partial charge in [-0.15, -0.1) is 11.6 Å². The third-order valence-electron chi connectivity index (χ3n) is 5.85. The van der Waals surface area contributed by atoms with Crippen molar-refractivity contribution in [2.45, 2.75) is 108 Å². The molecule has 0 bridgehead atoms. The number of hydrogen-bond donors (Lipinski definition) is 1. The van der Waals surface area contributed by atoms with Gasteiger partial charge in [0.1, 0.15) is 22.8 Å². The molecule has 7 nitrogen and oxygen atoms in total. The van der Waals surface area contributed by atoms with E-state index in [0.29, 0.717) is 5.56 Å².